The summed E-state index contributed by atoms with van der Waals surface area (Å²) in [5.74, 6) is -0.416. The highest BCUT2D eigenvalue weighted by molar-refractivity contribution is 5.79. The van der Waals surface area contributed by atoms with E-state index < -0.39 is 0 Å². The van der Waals surface area contributed by atoms with E-state index in [1.165, 1.54) is 6.07 Å². The Balaban J connectivity index is 2.44. The van der Waals surface area contributed by atoms with Crippen LogP contribution in [0.5, 0.6) is 0 Å². The molecule has 0 radical (unpaired) electrons. The van der Waals surface area contributed by atoms with Crippen molar-refractivity contribution in [3.8, 4) is 6.07 Å². The number of hydrogen-bond acceptors (Lipinski definition) is 2. The van der Waals surface area contributed by atoms with Gasteiger partial charge in [-0.25, -0.2) is 9.37 Å². The molecule has 0 spiro atoms. The second kappa shape index (κ2) is 4.28. The normalized spacial score (nSPS) is 12.3. The number of nitrogens with zero attached hydrogens (tertiary/aromatic N) is 2. The molecule has 0 saturated heterocycles. The van der Waals surface area contributed by atoms with Crippen molar-refractivity contribution in [1.29, 1.82) is 5.26 Å². The van der Waals surface area contributed by atoms with Crippen LogP contribution in [0.4, 0.5) is 4.39 Å². The number of halogens is 1. The first kappa shape index (κ1) is 10.6. The summed E-state index contributed by atoms with van der Waals surface area (Å²) in [7, 11) is 0. The topological polar surface area (TPSA) is 36.7 Å². The van der Waals surface area contributed by atoms with Crippen molar-refractivity contribution >= 4 is 10.9 Å². The lowest BCUT2D eigenvalue weighted by Crippen LogP contribution is -1.99. The minimum atomic E-state index is -0.316. The van der Waals surface area contributed by atoms with Crippen molar-refractivity contribution in [2.45, 2.75) is 13.3 Å². The van der Waals surface area contributed by atoms with Crippen molar-refractivity contribution < 1.29 is 4.39 Å². The second-order valence-corrected chi connectivity index (χ2v) is 3.85. The highest BCUT2D eigenvalue weighted by Gasteiger charge is 2.06. The number of aromatic nitrogens is 1. The van der Waals surface area contributed by atoms with E-state index in [0.717, 1.165) is 11.1 Å². The molecule has 2 rings (SSSR count). The van der Waals surface area contributed by atoms with Gasteiger partial charge in [-0.1, -0.05) is 18.2 Å². The molecule has 1 aromatic heterocycles. The molecule has 3 heteroatoms. The summed E-state index contributed by atoms with van der Waals surface area (Å²) in [6.45, 7) is 1.83. The molecule has 1 heterocycles. The molecular formula is C13H11FN2. The molecular weight excluding hydrogens is 203 g/mol. The van der Waals surface area contributed by atoms with Crippen LogP contribution in [0.2, 0.25) is 0 Å². The average molecular weight is 214 g/mol. The van der Waals surface area contributed by atoms with E-state index in [9.17, 15) is 4.39 Å². The Morgan fingerprint density at radius 2 is 2.19 bits per heavy atom. The van der Waals surface area contributed by atoms with Gasteiger partial charge < -0.3 is 0 Å². The number of pyridine rings is 1. The molecule has 0 saturated carbocycles. The Morgan fingerprint density at radius 1 is 1.38 bits per heavy atom. The Labute approximate surface area is 93.4 Å². The maximum absolute atomic E-state index is 13.5. The summed E-state index contributed by atoms with van der Waals surface area (Å²) in [5.41, 5.74) is 1.14. The average Bonchev–Trinajstić information content (AvgIpc) is 2.30. The van der Waals surface area contributed by atoms with Crippen LogP contribution in [-0.2, 0) is 6.42 Å². The second-order valence-electron chi connectivity index (χ2n) is 3.85. The first-order chi connectivity index (χ1) is 7.70. The van der Waals surface area contributed by atoms with Crippen LogP contribution in [0.25, 0.3) is 10.9 Å². The third kappa shape index (κ3) is 2.01. The van der Waals surface area contributed by atoms with Gasteiger partial charge in [-0.05, 0) is 19.1 Å². The predicted octanol–water partition coefficient (Wildman–Crippen LogP) is 3.08. The fourth-order valence-electron chi connectivity index (χ4n) is 1.62. The molecule has 0 amide bonds. The maximum atomic E-state index is 13.5. The van der Waals surface area contributed by atoms with Crippen molar-refractivity contribution in [1.82, 2.24) is 4.98 Å². The molecule has 16 heavy (non-hydrogen) atoms. The molecule has 0 fully saturated rings. The molecule has 0 aliphatic rings. The zero-order chi connectivity index (χ0) is 11.5. The predicted molar refractivity (Wildman–Crippen MR) is 60.2 cm³/mol. The molecule has 0 N–H and O–H groups in total. The van der Waals surface area contributed by atoms with E-state index in [-0.39, 0.29) is 11.7 Å². The maximum Gasteiger partial charge on any atom is 0.149 e. The third-order valence-electron chi connectivity index (χ3n) is 2.46. The number of nitriles is 1. The van der Waals surface area contributed by atoms with Gasteiger partial charge in [-0.2, -0.15) is 5.26 Å². The largest absolute Gasteiger partial charge is 0.250 e. The Kier molecular flexibility index (Phi) is 2.82. The van der Waals surface area contributed by atoms with E-state index in [2.05, 4.69) is 11.1 Å². The first-order valence-corrected chi connectivity index (χ1v) is 5.14. The van der Waals surface area contributed by atoms with Crippen molar-refractivity contribution in [2.24, 2.45) is 5.92 Å². The van der Waals surface area contributed by atoms with Crippen LogP contribution in [0.15, 0.2) is 30.3 Å². The Bertz CT molecular complexity index is 557. The molecule has 0 aliphatic heterocycles. The lowest BCUT2D eigenvalue weighted by atomic mass is 10.1. The lowest BCUT2D eigenvalue weighted by Gasteiger charge is -2.04. The first-order valence-electron chi connectivity index (χ1n) is 5.14. The van der Waals surface area contributed by atoms with E-state index >= 15 is 0 Å². The number of benzene rings is 1. The SMILES string of the molecule is CC(C#N)Cc1ccc2cccc(F)c2n1. The fraction of sp³-hybridized carbons (Fsp3) is 0.231. The fourth-order valence-corrected chi connectivity index (χ4v) is 1.62. The zero-order valence-corrected chi connectivity index (χ0v) is 8.94. The van der Waals surface area contributed by atoms with E-state index in [1.54, 1.807) is 6.07 Å². The molecule has 1 unspecified atom stereocenters. The Morgan fingerprint density at radius 3 is 2.94 bits per heavy atom. The smallest absolute Gasteiger partial charge is 0.149 e. The van der Waals surface area contributed by atoms with Crippen LogP contribution in [-0.4, -0.2) is 4.98 Å². The zero-order valence-electron chi connectivity index (χ0n) is 8.94. The minimum absolute atomic E-state index is 0.100. The summed E-state index contributed by atoms with van der Waals surface area (Å²) in [6.07, 6.45) is 0.556. The summed E-state index contributed by atoms with van der Waals surface area (Å²) in [4.78, 5) is 4.24. The number of para-hydroxylation sites is 1. The highest BCUT2D eigenvalue weighted by atomic mass is 19.1. The van der Waals surface area contributed by atoms with Gasteiger partial charge in [-0.3, -0.25) is 0 Å². The Hall–Kier alpha value is -1.95. The lowest BCUT2D eigenvalue weighted by molar-refractivity contribution is 0.635. The monoisotopic (exact) mass is 214 g/mol. The van der Waals surface area contributed by atoms with Crippen molar-refractivity contribution in [3.05, 3.63) is 41.8 Å². The van der Waals surface area contributed by atoms with Crippen molar-refractivity contribution in [2.75, 3.05) is 0 Å². The van der Waals surface area contributed by atoms with Crippen LogP contribution in [0.1, 0.15) is 12.6 Å². The molecule has 80 valence electrons. The highest BCUT2D eigenvalue weighted by Crippen LogP contribution is 2.17. The minimum Gasteiger partial charge on any atom is -0.250 e. The van der Waals surface area contributed by atoms with Gasteiger partial charge in [-0.15, -0.1) is 0 Å². The molecule has 2 aromatic rings. The molecule has 1 atom stereocenters. The molecule has 0 bridgehead atoms. The summed E-state index contributed by atoms with van der Waals surface area (Å²) in [5, 5.41) is 9.50. The molecule has 2 nitrogen and oxygen atoms in total. The van der Waals surface area contributed by atoms with Gasteiger partial charge in [0.2, 0.25) is 0 Å². The molecule has 1 aromatic carbocycles. The summed E-state index contributed by atoms with van der Waals surface area (Å²) >= 11 is 0. The van der Waals surface area contributed by atoms with E-state index in [4.69, 9.17) is 5.26 Å². The third-order valence-corrected chi connectivity index (χ3v) is 2.46. The standard InChI is InChI=1S/C13H11FN2/c1-9(8-15)7-11-6-5-10-3-2-4-12(14)13(10)16-11/h2-6,9H,7H2,1H3. The van der Waals surface area contributed by atoms with Gasteiger partial charge in [0.25, 0.3) is 0 Å². The summed E-state index contributed by atoms with van der Waals surface area (Å²) < 4.78 is 13.5. The molecule has 0 aliphatic carbocycles. The quantitative estimate of drug-likeness (QED) is 0.770. The van der Waals surface area contributed by atoms with Crippen LogP contribution in [0.3, 0.4) is 0 Å². The number of fused-ring (bicyclic) bond motifs is 1. The number of rotatable bonds is 2. The number of hydrogen-bond donors (Lipinski definition) is 0. The van der Waals surface area contributed by atoms with Gasteiger partial charge in [0, 0.05) is 23.4 Å². The van der Waals surface area contributed by atoms with Crippen LogP contribution >= 0.6 is 0 Å². The van der Waals surface area contributed by atoms with Gasteiger partial charge >= 0.3 is 0 Å². The van der Waals surface area contributed by atoms with E-state index in [1.807, 2.05) is 25.1 Å². The summed E-state index contributed by atoms with van der Waals surface area (Å²) in [6, 6.07) is 10.7. The van der Waals surface area contributed by atoms with Gasteiger partial charge in [0.15, 0.2) is 0 Å². The van der Waals surface area contributed by atoms with Crippen LogP contribution in [0, 0.1) is 23.1 Å². The van der Waals surface area contributed by atoms with Crippen molar-refractivity contribution in [3.63, 3.8) is 0 Å². The van der Waals surface area contributed by atoms with E-state index in [0.29, 0.717) is 11.9 Å². The van der Waals surface area contributed by atoms with Gasteiger partial charge in [0.05, 0.1) is 6.07 Å². The van der Waals surface area contributed by atoms with Crippen LogP contribution < -0.4 is 0 Å². The van der Waals surface area contributed by atoms with Gasteiger partial charge in [0.1, 0.15) is 11.3 Å².